The van der Waals surface area contributed by atoms with E-state index < -0.39 is 0 Å². The van der Waals surface area contributed by atoms with Gasteiger partial charge in [0.1, 0.15) is 5.82 Å². The highest BCUT2D eigenvalue weighted by Gasteiger charge is 2.42. The van der Waals surface area contributed by atoms with Gasteiger partial charge in [0, 0.05) is 5.69 Å². The van der Waals surface area contributed by atoms with Gasteiger partial charge in [-0.3, -0.25) is 0 Å². The van der Waals surface area contributed by atoms with Gasteiger partial charge in [-0.15, -0.1) is 0 Å². The van der Waals surface area contributed by atoms with Crippen LogP contribution in [0.3, 0.4) is 0 Å². The average molecular weight is 243 g/mol. The van der Waals surface area contributed by atoms with E-state index in [0.717, 1.165) is 16.8 Å². The fraction of sp³-hybridized carbons (Fsp3) is 0.200. The monoisotopic (exact) mass is 243 g/mol. The normalized spacial score (nSPS) is 17.2. The zero-order valence-corrected chi connectivity index (χ0v) is 9.90. The molecule has 0 spiro atoms. The molecule has 0 aromatic heterocycles. The molecular weight excluding hydrogens is 229 g/mol. The summed E-state index contributed by atoms with van der Waals surface area (Å²) >= 11 is 0. The van der Waals surface area contributed by atoms with E-state index in [1.807, 2.05) is 30.3 Å². The zero-order valence-electron chi connectivity index (χ0n) is 9.90. The Morgan fingerprint density at radius 3 is 2.22 bits per heavy atom. The van der Waals surface area contributed by atoms with Crippen molar-refractivity contribution in [2.45, 2.75) is 5.41 Å². The van der Waals surface area contributed by atoms with E-state index in [4.69, 9.17) is 10.5 Å². The SMILES string of the molecule is Nc1cccc(C2(c3cccc(F)c3)COC2)c1. The number of ether oxygens (including phenoxy) is 1. The summed E-state index contributed by atoms with van der Waals surface area (Å²) in [5.74, 6) is -0.220. The summed E-state index contributed by atoms with van der Waals surface area (Å²) in [6.45, 7) is 1.14. The van der Waals surface area contributed by atoms with Crippen molar-refractivity contribution in [3.8, 4) is 0 Å². The first-order chi connectivity index (χ1) is 8.71. The van der Waals surface area contributed by atoms with E-state index in [1.54, 1.807) is 12.1 Å². The molecule has 0 radical (unpaired) electrons. The Morgan fingerprint density at radius 1 is 1.00 bits per heavy atom. The maximum atomic E-state index is 13.4. The van der Waals surface area contributed by atoms with Crippen LogP contribution in [0.25, 0.3) is 0 Å². The first-order valence-corrected chi connectivity index (χ1v) is 5.90. The van der Waals surface area contributed by atoms with E-state index in [-0.39, 0.29) is 11.2 Å². The van der Waals surface area contributed by atoms with Crippen LogP contribution in [0.4, 0.5) is 10.1 Å². The molecule has 0 saturated carbocycles. The lowest BCUT2D eigenvalue weighted by molar-refractivity contribution is -0.0380. The summed E-state index contributed by atoms with van der Waals surface area (Å²) in [4.78, 5) is 0. The molecule has 0 bridgehead atoms. The van der Waals surface area contributed by atoms with Crippen LogP contribution >= 0.6 is 0 Å². The van der Waals surface area contributed by atoms with E-state index in [0.29, 0.717) is 13.2 Å². The summed E-state index contributed by atoms with van der Waals surface area (Å²) < 4.78 is 18.8. The molecule has 3 heteroatoms. The van der Waals surface area contributed by atoms with Gasteiger partial charge in [-0.2, -0.15) is 0 Å². The number of halogens is 1. The molecule has 0 unspecified atom stereocenters. The predicted octanol–water partition coefficient (Wildman–Crippen LogP) is 2.72. The quantitative estimate of drug-likeness (QED) is 0.823. The molecule has 2 nitrogen and oxygen atoms in total. The minimum atomic E-state index is -0.252. The van der Waals surface area contributed by atoms with Gasteiger partial charge >= 0.3 is 0 Å². The van der Waals surface area contributed by atoms with Crippen molar-refractivity contribution >= 4 is 5.69 Å². The van der Waals surface area contributed by atoms with E-state index in [9.17, 15) is 4.39 Å². The molecule has 2 aromatic rings. The molecule has 1 aliphatic heterocycles. The van der Waals surface area contributed by atoms with E-state index >= 15 is 0 Å². The van der Waals surface area contributed by atoms with E-state index in [1.165, 1.54) is 6.07 Å². The van der Waals surface area contributed by atoms with Gasteiger partial charge in [0.05, 0.1) is 18.6 Å². The number of nitrogen functional groups attached to an aromatic ring is 1. The number of nitrogens with two attached hydrogens (primary N) is 1. The van der Waals surface area contributed by atoms with Crippen molar-refractivity contribution in [3.63, 3.8) is 0 Å². The molecule has 2 N–H and O–H groups in total. The zero-order chi connectivity index (χ0) is 12.6. The Hall–Kier alpha value is -1.87. The Labute approximate surface area is 105 Å². The van der Waals surface area contributed by atoms with Crippen LogP contribution in [0, 0.1) is 5.82 Å². The van der Waals surface area contributed by atoms with Crippen molar-refractivity contribution in [3.05, 3.63) is 65.5 Å². The largest absolute Gasteiger partial charge is 0.399 e. The molecule has 0 amide bonds. The highest BCUT2D eigenvalue weighted by molar-refractivity contribution is 5.49. The second-order valence-electron chi connectivity index (χ2n) is 4.71. The minimum absolute atomic E-state index is 0.220. The van der Waals surface area contributed by atoms with Crippen molar-refractivity contribution < 1.29 is 9.13 Å². The number of rotatable bonds is 2. The average Bonchev–Trinajstić information content (AvgIpc) is 2.28. The van der Waals surface area contributed by atoms with Gasteiger partial charge in [0.15, 0.2) is 0 Å². The second kappa shape index (κ2) is 4.10. The maximum Gasteiger partial charge on any atom is 0.123 e. The van der Waals surface area contributed by atoms with Crippen LogP contribution in [0.15, 0.2) is 48.5 Å². The molecule has 1 aliphatic rings. The second-order valence-corrected chi connectivity index (χ2v) is 4.71. The van der Waals surface area contributed by atoms with Crippen molar-refractivity contribution in [1.82, 2.24) is 0 Å². The predicted molar refractivity (Wildman–Crippen MR) is 68.9 cm³/mol. The van der Waals surface area contributed by atoms with Crippen molar-refractivity contribution in [2.75, 3.05) is 18.9 Å². The van der Waals surface area contributed by atoms with Gasteiger partial charge in [-0.05, 0) is 35.4 Å². The fourth-order valence-corrected chi connectivity index (χ4v) is 2.43. The Bertz CT molecular complexity index is 531. The summed E-state index contributed by atoms with van der Waals surface area (Å²) in [6, 6.07) is 14.4. The molecule has 1 heterocycles. The van der Waals surface area contributed by atoms with Gasteiger partial charge < -0.3 is 10.5 Å². The number of anilines is 1. The number of hydrogen-bond donors (Lipinski definition) is 1. The first-order valence-electron chi connectivity index (χ1n) is 5.90. The molecule has 1 fully saturated rings. The number of benzene rings is 2. The third kappa shape index (κ3) is 1.68. The molecule has 0 aliphatic carbocycles. The Morgan fingerprint density at radius 2 is 1.67 bits per heavy atom. The summed E-state index contributed by atoms with van der Waals surface area (Å²) in [5.41, 5.74) is 8.32. The number of hydrogen-bond acceptors (Lipinski definition) is 2. The highest BCUT2D eigenvalue weighted by Crippen LogP contribution is 2.39. The Balaban J connectivity index is 2.10. The molecule has 18 heavy (non-hydrogen) atoms. The molecule has 0 atom stereocenters. The van der Waals surface area contributed by atoms with Gasteiger partial charge in [0.2, 0.25) is 0 Å². The van der Waals surface area contributed by atoms with Gasteiger partial charge in [-0.25, -0.2) is 4.39 Å². The van der Waals surface area contributed by atoms with Crippen LogP contribution < -0.4 is 5.73 Å². The standard InChI is InChI=1S/C15H14FNO/c16-13-5-1-3-11(7-13)15(9-18-10-15)12-4-2-6-14(17)8-12/h1-8H,9-10,17H2. The maximum absolute atomic E-state index is 13.4. The van der Waals surface area contributed by atoms with E-state index in [2.05, 4.69) is 0 Å². The molecular formula is C15H14FNO. The van der Waals surface area contributed by atoms with Crippen LogP contribution in [0.1, 0.15) is 11.1 Å². The van der Waals surface area contributed by atoms with Gasteiger partial charge in [0.25, 0.3) is 0 Å². The minimum Gasteiger partial charge on any atom is -0.399 e. The topological polar surface area (TPSA) is 35.2 Å². The lowest BCUT2D eigenvalue weighted by Crippen LogP contribution is -2.47. The van der Waals surface area contributed by atoms with Crippen LogP contribution in [-0.2, 0) is 10.2 Å². The van der Waals surface area contributed by atoms with Crippen LogP contribution in [-0.4, -0.2) is 13.2 Å². The first kappa shape index (κ1) is 11.2. The lowest BCUT2D eigenvalue weighted by atomic mass is 9.73. The third-order valence-electron chi connectivity index (χ3n) is 3.51. The molecule has 2 aromatic carbocycles. The van der Waals surface area contributed by atoms with Crippen molar-refractivity contribution in [2.24, 2.45) is 0 Å². The highest BCUT2D eigenvalue weighted by atomic mass is 19.1. The van der Waals surface area contributed by atoms with Crippen molar-refractivity contribution in [1.29, 1.82) is 0 Å². The third-order valence-corrected chi connectivity index (χ3v) is 3.51. The summed E-state index contributed by atoms with van der Waals surface area (Å²) in [7, 11) is 0. The molecule has 1 saturated heterocycles. The summed E-state index contributed by atoms with van der Waals surface area (Å²) in [5, 5.41) is 0. The smallest absolute Gasteiger partial charge is 0.123 e. The lowest BCUT2D eigenvalue weighted by Gasteiger charge is -2.42. The Kier molecular flexibility index (Phi) is 2.56. The van der Waals surface area contributed by atoms with Gasteiger partial charge in [-0.1, -0.05) is 24.3 Å². The van der Waals surface area contributed by atoms with Crippen LogP contribution in [0.5, 0.6) is 0 Å². The summed E-state index contributed by atoms with van der Waals surface area (Å²) in [6.07, 6.45) is 0. The fourth-order valence-electron chi connectivity index (χ4n) is 2.43. The molecule has 3 rings (SSSR count). The van der Waals surface area contributed by atoms with Crippen LogP contribution in [0.2, 0.25) is 0 Å². The molecule has 92 valence electrons.